The van der Waals surface area contributed by atoms with Gasteiger partial charge in [0.05, 0.1) is 12.6 Å². The minimum atomic E-state index is -0.875. The number of hydrogen-bond acceptors (Lipinski definition) is 4. The molecule has 0 amide bonds. The fraction of sp³-hybridized carbons (Fsp3) is 0.105. The molecule has 0 radical (unpaired) electrons. The van der Waals surface area contributed by atoms with Crippen molar-refractivity contribution >= 4 is 11.8 Å². The molecule has 25 heavy (non-hydrogen) atoms. The number of carboxylic acids is 1. The SMILES string of the molecule is N=C(N)c1ccc(-c2ccc(-c3cnc(CCC(=O)O)o3)cc2)cc1. The molecule has 0 saturated heterocycles. The summed E-state index contributed by atoms with van der Waals surface area (Å²) in [6.07, 6.45) is 1.87. The number of rotatable bonds is 6. The standard InChI is InChI=1S/C19H17N3O3/c20-19(21)15-7-3-13(4-8-15)12-1-5-14(6-2-12)16-11-22-17(25-16)9-10-18(23)24/h1-8,11H,9-10H2,(H3,20,21)(H,23,24). The van der Waals surface area contributed by atoms with Crippen molar-refractivity contribution in [3.63, 3.8) is 0 Å². The Kier molecular flexibility index (Phi) is 4.61. The van der Waals surface area contributed by atoms with Gasteiger partial charge in [-0.05, 0) is 11.1 Å². The molecule has 0 unspecified atom stereocenters. The van der Waals surface area contributed by atoms with Crippen molar-refractivity contribution < 1.29 is 14.3 Å². The van der Waals surface area contributed by atoms with Crippen molar-refractivity contribution in [1.29, 1.82) is 5.41 Å². The smallest absolute Gasteiger partial charge is 0.303 e. The molecule has 0 aliphatic heterocycles. The summed E-state index contributed by atoms with van der Waals surface area (Å²) in [5.41, 5.74) is 9.08. The van der Waals surface area contributed by atoms with Crippen LogP contribution in [0.3, 0.4) is 0 Å². The number of hydrogen-bond donors (Lipinski definition) is 3. The van der Waals surface area contributed by atoms with Crippen molar-refractivity contribution in [2.45, 2.75) is 12.8 Å². The number of benzene rings is 2. The van der Waals surface area contributed by atoms with Crippen LogP contribution in [0.2, 0.25) is 0 Å². The lowest BCUT2D eigenvalue weighted by atomic mass is 10.0. The van der Waals surface area contributed by atoms with Gasteiger partial charge in [-0.2, -0.15) is 0 Å². The van der Waals surface area contributed by atoms with Crippen molar-refractivity contribution in [3.05, 3.63) is 66.2 Å². The summed E-state index contributed by atoms with van der Waals surface area (Å²) in [7, 11) is 0. The van der Waals surface area contributed by atoms with E-state index in [1.165, 1.54) is 0 Å². The molecular formula is C19H17N3O3. The summed E-state index contributed by atoms with van der Waals surface area (Å²) in [5.74, 6) is 0.200. The predicted molar refractivity (Wildman–Crippen MR) is 94.3 cm³/mol. The fourth-order valence-corrected chi connectivity index (χ4v) is 2.44. The molecule has 1 heterocycles. The van der Waals surface area contributed by atoms with E-state index in [0.717, 1.165) is 16.7 Å². The third-order valence-electron chi connectivity index (χ3n) is 3.80. The van der Waals surface area contributed by atoms with Gasteiger partial charge in [-0.1, -0.05) is 48.5 Å². The summed E-state index contributed by atoms with van der Waals surface area (Å²) in [5, 5.41) is 16.1. The highest BCUT2D eigenvalue weighted by atomic mass is 16.4. The number of nitrogen functional groups attached to an aromatic ring is 1. The van der Waals surface area contributed by atoms with Crippen molar-refractivity contribution in [2.24, 2.45) is 5.73 Å². The average molecular weight is 335 g/mol. The maximum absolute atomic E-state index is 10.6. The number of carbonyl (C=O) groups is 1. The van der Waals surface area contributed by atoms with Gasteiger partial charge in [0, 0.05) is 17.5 Å². The molecule has 0 spiro atoms. The summed E-state index contributed by atoms with van der Waals surface area (Å²) < 4.78 is 5.60. The Hall–Kier alpha value is -3.41. The Bertz CT molecular complexity index is 896. The first kappa shape index (κ1) is 16.4. The molecule has 0 bridgehead atoms. The Balaban J connectivity index is 1.76. The first-order valence-electron chi connectivity index (χ1n) is 7.74. The zero-order chi connectivity index (χ0) is 17.8. The van der Waals surface area contributed by atoms with Crippen LogP contribution >= 0.6 is 0 Å². The van der Waals surface area contributed by atoms with Gasteiger partial charge < -0.3 is 15.3 Å². The molecule has 126 valence electrons. The van der Waals surface area contributed by atoms with Crippen LogP contribution in [0, 0.1) is 5.41 Å². The lowest BCUT2D eigenvalue weighted by molar-refractivity contribution is -0.137. The first-order valence-corrected chi connectivity index (χ1v) is 7.74. The van der Waals surface area contributed by atoms with Crippen LogP contribution in [0.25, 0.3) is 22.5 Å². The monoisotopic (exact) mass is 335 g/mol. The predicted octanol–water partition coefficient (Wildman–Crippen LogP) is 3.31. The van der Waals surface area contributed by atoms with Crippen molar-refractivity contribution in [2.75, 3.05) is 0 Å². The maximum atomic E-state index is 10.6. The Labute approximate surface area is 144 Å². The number of nitrogens with one attached hydrogen (secondary N) is 1. The molecule has 1 aromatic heterocycles. The zero-order valence-corrected chi connectivity index (χ0v) is 13.4. The fourth-order valence-electron chi connectivity index (χ4n) is 2.44. The molecule has 3 aromatic rings. The molecule has 0 atom stereocenters. The number of oxazole rings is 1. The quantitative estimate of drug-likeness (QED) is 0.472. The molecule has 0 saturated carbocycles. The third-order valence-corrected chi connectivity index (χ3v) is 3.80. The Morgan fingerprint density at radius 3 is 2.16 bits per heavy atom. The van der Waals surface area contributed by atoms with Gasteiger partial charge in [-0.15, -0.1) is 0 Å². The summed E-state index contributed by atoms with van der Waals surface area (Å²) in [4.78, 5) is 14.7. The molecular weight excluding hydrogens is 318 g/mol. The van der Waals surface area contributed by atoms with Crippen molar-refractivity contribution in [1.82, 2.24) is 4.98 Å². The van der Waals surface area contributed by atoms with Gasteiger partial charge in [-0.25, -0.2) is 4.98 Å². The maximum Gasteiger partial charge on any atom is 0.303 e. The number of aromatic nitrogens is 1. The lowest BCUT2D eigenvalue weighted by Crippen LogP contribution is -2.10. The van der Waals surface area contributed by atoms with E-state index in [4.69, 9.17) is 20.7 Å². The van der Waals surface area contributed by atoms with Gasteiger partial charge in [0.15, 0.2) is 11.7 Å². The molecule has 2 aromatic carbocycles. The van der Waals surface area contributed by atoms with Crippen LogP contribution in [0.4, 0.5) is 0 Å². The number of aliphatic carboxylic acids is 1. The summed E-state index contributed by atoms with van der Waals surface area (Å²) in [6, 6.07) is 15.3. The van der Waals surface area contributed by atoms with Gasteiger partial charge >= 0.3 is 5.97 Å². The van der Waals surface area contributed by atoms with E-state index in [1.54, 1.807) is 6.20 Å². The van der Waals surface area contributed by atoms with Gasteiger partial charge in [0.25, 0.3) is 0 Å². The molecule has 0 fully saturated rings. The van der Waals surface area contributed by atoms with Gasteiger partial charge in [-0.3, -0.25) is 10.2 Å². The second kappa shape index (κ2) is 7.00. The number of carboxylic acid groups (broad SMARTS) is 1. The summed E-state index contributed by atoms with van der Waals surface area (Å²) in [6.45, 7) is 0. The topological polar surface area (TPSA) is 113 Å². The van der Waals surface area contributed by atoms with Gasteiger partial charge in [0.2, 0.25) is 0 Å². The van der Waals surface area contributed by atoms with E-state index >= 15 is 0 Å². The van der Waals surface area contributed by atoms with E-state index in [-0.39, 0.29) is 18.7 Å². The van der Waals surface area contributed by atoms with Crippen LogP contribution in [0.15, 0.2) is 59.1 Å². The Morgan fingerprint density at radius 2 is 1.60 bits per heavy atom. The van der Waals surface area contributed by atoms with E-state index in [2.05, 4.69) is 4.98 Å². The highest BCUT2D eigenvalue weighted by molar-refractivity contribution is 5.95. The zero-order valence-electron chi connectivity index (χ0n) is 13.4. The number of aryl methyl sites for hydroxylation is 1. The average Bonchev–Trinajstić information content (AvgIpc) is 3.09. The van der Waals surface area contributed by atoms with Crippen LogP contribution in [-0.4, -0.2) is 21.9 Å². The molecule has 6 nitrogen and oxygen atoms in total. The second-order valence-corrected chi connectivity index (χ2v) is 5.58. The number of nitrogens with two attached hydrogens (primary N) is 1. The van der Waals surface area contributed by atoms with Crippen LogP contribution in [0.1, 0.15) is 17.9 Å². The molecule has 0 aliphatic carbocycles. The van der Waals surface area contributed by atoms with E-state index < -0.39 is 5.97 Å². The summed E-state index contributed by atoms with van der Waals surface area (Å²) >= 11 is 0. The first-order chi connectivity index (χ1) is 12.0. The van der Waals surface area contributed by atoms with Crippen LogP contribution in [-0.2, 0) is 11.2 Å². The molecule has 4 N–H and O–H groups in total. The second-order valence-electron chi connectivity index (χ2n) is 5.58. The molecule has 0 aliphatic rings. The number of amidine groups is 1. The van der Waals surface area contributed by atoms with E-state index in [0.29, 0.717) is 17.2 Å². The van der Waals surface area contributed by atoms with Crippen molar-refractivity contribution in [3.8, 4) is 22.5 Å². The highest BCUT2D eigenvalue weighted by Crippen LogP contribution is 2.26. The lowest BCUT2D eigenvalue weighted by Gasteiger charge is -2.04. The minimum Gasteiger partial charge on any atom is -0.481 e. The van der Waals surface area contributed by atoms with E-state index in [9.17, 15) is 4.79 Å². The number of nitrogens with zero attached hydrogens (tertiary/aromatic N) is 1. The van der Waals surface area contributed by atoms with Crippen LogP contribution in [0.5, 0.6) is 0 Å². The van der Waals surface area contributed by atoms with Gasteiger partial charge in [0.1, 0.15) is 5.84 Å². The van der Waals surface area contributed by atoms with Crippen LogP contribution < -0.4 is 5.73 Å². The largest absolute Gasteiger partial charge is 0.481 e. The minimum absolute atomic E-state index is 0.00481. The molecule has 3 rings (SSSR count). The highest BCUT2D eigenvalue weighted by Gasteiger charge is 2.09. The Morgan fingerprint density at radius 1 is 1.04 bits per heavy atom. The molecule has 6 heteroatoms. The third kappa shape index (κ3) is 3.92. The normalized spacial score (nSPS) is 10.6. The van der Waals surface area contributed by atoms with E-state index in [1.807, 2.05) is 48.5 Å².